The van der Waals surface area contributed by atoms with Crippen LogP contribution in [-0.2, 0) is 24.3 Å². The number of unbranched alkanes of at least 4 members (excludes halogenated alkanes) is 1. The van der Waals surface area contributed by atoms with Crippen LogP contribution in [0.15, 0.2) is 72.8 Å². The molecule has 40 heavy (non-hydrogen) atoms. The average molecular weight is 539 g/mol. The Bertz CT molecular complexity index is 1240. The van der Waals surface area contributed by atoms with Gasteiger partial charge in [-0.25, -0.2) is 4.79 Å². The van der Waals surface area contributed by atoms with Crippen molar-refractivity contribution < 1.29 is 14.6 Å². The van der Waals surface area contributed by atoms with Gasteiger partial charge in [-0.05, 0) is 78.8 Å². The molecule has 1 aliphatic rings. The molecule has 3 aromatic rings. The van der Waals surface area contributed by atoms with Gasteiger partial charge in [0.2, 0.25) is 0 Å². The number of nitrogens with one attached hydrogen (secondary N) is 1. The van der Waals surface area contributed by atoms with Gasteiger partial charge in [-0.1, -0.05) is 80.8 Å². The van der Waals surface area contributed by atoms with Gasteiger partial charge in [-0.3, -0.25) is 4.90 Å². The van der Waals surface area contributed by atoms with E-state index in [1.165, 1.54) is 56.1 Å². The van der Waals surface area contributed by atoms with E-state index >= 15 is 0 Å². The molecule has 1 saturated carbocycles. The van der Waals surface area contributed by atoms with Crippen LogP contribution in [0.5, 0.6) is 5.75 Å². The molecule has 1 aliphatic carbocycles. The van der Waals surface area contributed by atoms with E-state index in [-0.39, 0.29) is 6.61 Å². The molecule has 0 spiro atoms. The van der Waals surface area contributed by atoms with Gasteiger partial charge in [-0.15, -0.1) is 0 Å². The second-order valence-corrected chi connectivity index (χ2v) is 10.8. The summed E-state index contributed by atoms with van der Waals surface area (Å²) in [7, 11) is 0. The van der Waals surface area contributed by atoms with Gasteiger partial charge in [0.25, 0.3) is 0 Å². The molecule has 210 valence electrons. The number of hydrogen-bond acceptors (Lipinski definition) is 4. The Morgan fingerprint density at radius 2 is 1.40 bits per heavy atom. The van der Waals surface area contributed by atoms with Crippen LogP contribution in [0.25, 0.3) is 0 Å². The summed E-state index contributed by atoms with van der Waals surface area (Å²) in [6.45, 7) is 4.32. The quantitative estimate of drug-likeness (QED) is 0.186. The standard InChI is InChI=1S/C35H42N2O3/c1-2-3-7-28-10-12-29(13-11-28)14-15-30-16-18-31(19-17-30)24-37(27-36-33-8-5-4-6-9-33)25-32-20-22-34(23-21-32)40-26-35(38)39/h10-13,16-23,33,36H,2-9,24-27H2,1H3,(H,38,39). The first-order valence-electron chi connectivity index (χ1n) is 14.7. The maximum absolute atomic E-state index is 10.8. The fourth-order valence-corrected chi connectivity index (χ4v) is 5.06. The summed E-state index contributed by atoms with van der Waals surface area (Å²) >= 11 is 0. The zero-order chi connectivity index (χ0) is 28.0. The number of carboxylic acid groups (broad SMARTS) is 1. The van der Waals surface area contributed by atoms with E-state index < -0.39 is 5.97 Å². The number of hydrogen-bond donors (Lipinski definition) is 2. The predicted molar refractivity (Wildman–Crippen MR) is 161 cm³/mol. The molecule has 0 saturated heterocycles. The Balaban J connectivity index is 1.37. The highest BCUT2D eigenvalue weighted by Crippen LogP contribution is 2.19. The maximum atomic E-state index is 10.8. The summed E-state index contributed by atoms with van der Waals surface area (Å²) in [5.74, 6) is 6.21. The second kappa shape index (κ2) is 15.9. The number of aliphatic carboxylic acids is 1. The van der Waals surface area contributed by atoms with E-state index in [0.717, 1.165) is 42.9 Å². The summed E-state index contributed by atoms with van der Waals surface area (Å²) in [6, 6.07) is 25.5. The molecule has 3 aromatic carbocycles. The minimum Gasteiger partial charge on any atom is -0.482 e. The van der Waals surface area contributed by atoms with E-state index in [1.807, 2.05) is 24.3 Å². The fourth-order valence-electron chi connectivity index (χ4n) is 5.06. The number of aryl methyl sites for hydroxylation is 1. The van der Waals surface area contributed by atoms with Gasteiger partial charge in [-0.2, -0.15) is 0 Å². The van der Waals surface area contributed by atoms with Gasteiger partial charge in [0.1, 0.15) is 5.75 Å². The summed E-state index contributed by atoms with van der Waals surface area (Å²) in [6.07, 6.45) is 10.0. The molecule has 0 aliphatic heterocycles. The first-order chi connectivity index (χ1) is 19.6. The molecule has 1 fully saturated rings. The van der Waals surface area contributed by atoms with Gasteiger partial charge in [0, 0.05) is 36.9 Å². The molecular weight excluding hydrogens is 496 g/mol. The molecule has 0 bridgehead atoms. The number of rotatable bonds is 13. The third-order valence-corrected chi connectivity index (χ3v) is 7.38. The van der Waals surface area contributed by atoms with E-state index in [0.29, 0.717) is 11.8 Å². The number of benzene rings is 3. The molecule has 0 aromatic heterocycles. The monoisotopic (exact) mass is 538 g/mol. The Kier molecular flexibility index (Phi) is 11.7. The Hall–Kier alpha value is -3.59. The largest absolute Gasteiger partial charge is 0.482 e. The van der Waals surface area contributed by atoms with Crippen molar-refractivity contribution in [2.45, 2.75) is 77.4 Å². The van der Waals surface area contributed by atoms with E-state index in [1.54, 1.807) is 0 Å². The van der Waals surface area contributed by atoms with Crippen molar-refractivity contribution in [2.24, 2.45) is 0 Å². The minimum atomic E-state index is -0.975. The lowest BCUT2D eigenvalue weighted by Gasteiger charge is -2.28. The van der Waals surface area contributed by atoms with Crippen molar-refractivity contribution in [1.82, 2.24) is 10.2 Å². The van der Waals surface area contributed by atoms with Gasteiger partial charge >= 0.3 is 5.97 Å². The van der Waals surface area contributed by atoms with Crippen molar-refractivity contribution in [3.05, 3.63) is 101 Å². The van der Waals surface area contributed by atoms with Crippen LogP contribution < -0.4 is 10.1 Å². The molecular formula is C35H42N2O3. The summed E-state index contributed by atoms with van der Waals surface area (Å²) < 4.78 is 5.29. The average Bonchev–Trinajstić information content (AvgIpc) is 2.99. The van der Waals surface area contributed by atoms with Crippen molar-refractivity contribution in [1.29, 1.82) is 0 Å². The highest BCUT2D eigenvalue weighted by atomic mass is 16.5. The predicted octanol–water partition coefficient (Wildman–Crippen LogP) is 6.77. The summed E-state index contributed by atoms with van der Waals surface area (Å²) in [4.78, 5) is 13.2. The lowest BCUT2D eigenvalue weighted by atomic mass is 9.96. The third-order valence-electron chi connectivity index (χ3n) is 7.38. The van der Waals surface area contributed by atoms with Crippen LogP contribution in [0.4, 0.5) is 0 Å². The topological polar surface area (TPSA) is 61.8 Å². The van der Waals surface area contributed by atoms with Crippen LogP contribution in [0, 0.1) is 11.8 Å². The van der Waals surface area contributed by atoms with Crippen molar-refractivity contribution in [3.63, 3.8) is 0 Å². The van der Waals surface area contributed by atoms with Crippen molar-refractivity contribution in [3.8, 4) is 17.6 Å². The Morgan fingerprint density at radius 1 is 0.850 bits per heavy atom. The van der Waals surface area contributed by atoms with Crippen LogP contribution >= 0.6 is 0 Å². The Morgan fingerprint density at radius 3 is 1.95 bits per heavy atom. The van der Waals surface area contributed by atoms with Gasteiger partial charge < -0.3 is 15.2 Å². The van der Waals surface area contributed by atoms with Crippen LogP contribution in [0.2, 0.25) is 0 Å². The van der Waals surface area contributed by atoms with Crippen LogP contribution in [0.3, 0.4) is 0 Å². The van der Waals surface area contributed by atoms with Crippen LogP contribution in [0.1, 0.15) is 79.7 Å². The van der Waals surface area contributed by atoms with Crippen molar-refractivity contribution in [2.75, 3.05) is 13.3 Å². The highest BCUT2D eigenvalue weighted by molar-refractivity contribution is 5.68. The van der Waals surface area contributed by atoms with Crippen LogP contribution in [-0.4, -0.2) is 35.3 Å². The van der Waals surface area contributed by atoms with Gasteiger partial charge in [0.15, 0.2) is 6.61 Å². The zero-order valence-electron chi connectivity index (χ0n) is 23.7. The number of carbonyl (C=O) groups is 1. The molecule has 0 unspecified atom stereocenters. The summed E-state index contributed by atoms with van der Waals surface area (Å²) in [5, 5.41) is 12.6. The molecule has 5 nitrogen and oxygen atoms in total. The molecule has 0 radical (unpaired) electrons. The number of nitrogens with zero attached hydrogens (tertiary/aromatic N) is 1. The number of carboxylic acids is 1. The van der Waals surface area contributed by atoms with Gasteiger partial charge in [0.05, 0.1) is 0 Å². The summed E-state index contributed by atoms with van der Waals surface area (Å²) in [5.41, 5.74) is 5.85. The van der Waals surface area contributed by atoms with E-state index in [9.17, 15) is 4.79 Å². The first kappa shape index (κ1) is 29.4. The number of ether oxygens (including phenoxy) is 1. The fraction of sp³-hybridized carbons (Fsp3) is 0.400. The normalized spacial score (nSPS) is 13.6. The molecule has 2 N–H and O–H groups in total. The third kappa shape index (κ3) is 10.2. The smallest absolute Gasteiger partial charge is 0.341 e. The molecule has 0 amide bonds. The molecule has 0 atom stereocenters. The van der Waals surface area contributed by atoms with E-state index in [2.05, 4.69) is 77.5 Å². The molecule has 4 rings (SSSR count). The SMILES string of the molecule is CCCCc1ccc(C#Cc2ccc(CN(CNC3CCCCC3)Cc3ccc(OCC(=O)O)cc3)cc2)cc1. The maximum Gasteiger partial charge on any atom is 0.341 e. The Labute approximate surface area is 239 Å². The zero-order valence-corrected chi connectivity index (χ0v) is 23.7. The first-order valence-corrected chi connectivity index (χ1v) is 14.7. The van der Waals surface area contributed by atoms with E-state index in [4.69, 9.17) is 9.84 Å². The lowest BCUT2D eigenvalue weighted by molar-refractivity contribution is -0.139. The lowest BCUT2D eigenvalue weighted by Crippen LogP contribution is -2.40. The van der Waals surface area contributed by atoms with Crippen molar-refractivity contribution >= 4 is 5.97 Å². The highest BCUT2D eigenvalue weighted by Gasteiger charge is 2.15. The minimum absolute atomic E-state index is 0.331. The molecule has 5 heteroatoms. The second-order valence-electron chi connectivity index (χ2n) is 10.8. The molecule has 0 heterocycles.